The fourth-order valence-corrected chi connectivity index (χ4v) is 3.58. The number of ether oxygens (including phenoxy) is 1. The Morgan fingerprint density at radius 3 is 2.62 bits per heavy atom. The molecular formula is C18H31N5O. The molecule has 3 rings (SSSR count). The smallest absolute Gasteiger partial charge is 0.150 e. The van der Waals surface area contributed by atoms with E-state index in [0.717, 1.165) is 69.6 Å². The number of hydrogen-bond acceptors (Lipinski definition) is 6. The lowest BCUT2D eigenvalue weighted by Crippen LogP contribution is -2.53. The lowest BCUT2D eigenvalue weighted by atomic mass is 10.2. The van der Waals surface area contributed by atoms with Crippen molar-refractivity contribution in [1.82, 2.24) is 19.8 Å². The van der Waals surface area contributed by atoms with Crippen molar-refractivity contribution >= 4 is 5.82 Å². The minimum atomic E-state index is 0.341. The third-order valence-electron chi connectivity index (χ3n) is 5.09. The molecule has 0 spiro atoms. The Labute approximate surface area is 145 Å². The van der Waals surface area contributed by atoms with Gasteiger partial charge in [-0.3, -0.25) is 14.8 Å². The van der Waals surface area contributed by atoms with E-state index in [2.05, 4.69) is 38.5 Å². The minimum absolute atomic E-state index is 0.341. The van der Waals surface area contributed by atoms with Gasteiger partial charge in [-0.05, 0) is 27.7 Å². The van der Waals surface area contributed by atoms with Crippen LogP contribution in [0.1, 0.15) is 25.2 Å². The highest BCUT2D eigenvalue weighted by molar-refractivity contribution is 5.43. The largest absolute Gasteiger partial charge is 0.374 e. The predicted octanol–water partition coefficient (Wildman–Crippen LogP) is 1.32. The number of morpholine rings is 1. The predicted molar refractivity (Wildman–Crippen MR) is 96.6 cm³/mol. The van der Waals surface area contributed by atoms with Crippen LogP contribution in [0, 0.1) is 13.8 Å². The van der Waals surface area contributed by atoms with Gasteiger partial charge in [0.1, 0.15) is 5.82 Å². The highest BCUT2D eigenvalue weighted by Gasteiger charge is 2.26. The number of anilines is 1. The van der Waals surface area contributed by atoms with E-state index in [-0.39, 0.29) is 0 Å². The third kappa shape index (κ3) is 4.23. The molecule has 1 atom stereocenters. The maximum Gasteiger partial charge on any atom is 0.150 e. The molecule has 1 unspecified atom stereocenters. The van der Waals surface area contributed by atoms with Crippen molar-refractivity contribution in [2.24, 2.45) is 0 Å². The normalized spacial score (nSPS) is 23.9. The Balaban J connectivity index is 1.51. The molecule has 6 nitrogen and oxygen atoms in total. The van der Waals surface area contributed by atoms with Gasteiger partial charge >= 0.3 is 0 Å². The summed E-state index contributed by atoms with van der Waals surface area (Å²) in [7, 11) is 0. The van der Waals surface area contributed by atoms with Gasteiger partial charge in [0, 0.05) is 58.1 Å². The molecule has 0 N–H and O–H groups in total. The van der Waals surface area contributed by atoms with E-state index in [0.29, 0.717) is 12.1 Å². The summed E-state index contributed by atoms with van der Waals surface area (Å²) >= 11 is 0. The number of hydrogen-bond donors (Lipinski definition) is 0. The van der Waals surface area contributed by atoms with Crippen molar-refractivity contribution in [2.45, 2.75) is 39.8 Å². The van der Waals surface area contributed by atoms with Crippen LogP contribution in [0.15, 0.2) is 6.20 Å². The summed E-state index contributed by atoms with van der Waals surface area (Å²) in [5.74, 6) is 1.05. The molecule has 2 aliphatic heterocycles. The molecule has 6 heteroatoms. The first-order chi connectivity index (χ1) is 11.5. The minimum Gasteiger partial charge on any atom is -0.374 e. The van der Waals surface area contributed by atoms with Gasteiger partial charge in [-0.25, -0.2) is 4.98 Å². The van der Waals surface area contributed by atoms with Crippen LogP contribution in [0.5, 0.6) is 0 Å². The number of aromatic nitrogens is 2. The molecule has 0 amide bonds. The quantitative estimate of drug-likeness (QED) is 0.828. The van der Waals surface area contributed by atoms with E-state index in [4.69, 9.17) is 4.74 Å². The number of aryl methyl sites for hydroxylation is 2. The summed E-state index contributed by atoms with van der Waals surface area (Å²) in [4.78, 5) is 16.6. The van der Waals surface area contributed by atoms with E-state index in [1.54, 1.807) is 0 Å². The highest BCUT2D eigenvalue weighted by atomic mass is 16.5. The van der Waals surface area contributed by atoms with Crippen molar-refractivity contribution in [3.05, 3.63) is 17.6 Å². The summed E-state index contributed by atoms with van der Waals surface area (Å²) in [6.07, 6.45) is 2.18. The standard InChI is InChI=1S/C18H31N5O/c1-14(2)23-9-10-24-17(13-23)12-21-5-7-22(8-6-21)18-16(4)19-11-15(3)20-18/h11,14,17H,5-10,12-13H2,1-4H3. The Bertz CT molecular complexity index is 542. The number of piperazine rings is 1. The Hall–Kier alpha value is -1.24. The average molecular weight is 333 g/mol. The second-order valence-corrected chi connectivity index (χ2v) is 7.29. The van der Waals surface area contributed by atoms with Crippen molar-refractivity contribution in [3.8, 4) is 0 Å². The topological polar surface area (TPSA) is 44.7 Å². The Kier molecular flexibility index (Phi) is 5.69. The summed E-state index contributed by atoms with van der Waals surface area (Å²) in [5, 5.41) is 0. The van der Waals surface area contributed by atoms with Crippen molar-refractivity contribution in [2.75, 3.05) is 57.3 Å². The molecule has 0 aliphatic carbocycles. The van der Waals surface area contributed by atoms with E-state index in [1.165, 1.54) is 0 Å². The fraction of sp³-hybridized carbons (Fsp3) is 0.778. The van der Waals surface area contributed by atoms with Crippen LogP contribution >= 0.6 is 0 Å². The van der Waals surface area contributed by atoms with Crippen LogP contribution in [-0.2, 0) is 4.74 Å². The van der Waals surface area contributed by atoms with Crippen molar-refractivity contribution in [1.29, 1.82) is 0 Å². The molecule has 2 aliphatic rings. The molecule has 0 saturated carbocycles. The zero-order chi connectivity index (χ0) is 17.1. The van der Waals surface area contributed by atoms with Crippen LogP contribution < -0.4 is 4.90 Å². The van der Waals surface area contributed by atoms with E-state index in [1.807, 2.05) is 20.0 Å². The van der Waals surface area contributed by atoms with Crippen LogP contribution in [-0.4, -0.2) is 84.3 Å². The zero-order valence-corrected chi connectivity index (χ0v) is 15.5. The first-order valence-electron chi connectivity index (χ1n) is 9.16. The summed E-state index contributed by atoms with van der Waals surface area (Å²) < 4.78 is 5.99. The van der Waals surface area contributed by atoms with Crippen LogP contribution in [0.3, 0.4) is 0 Å². The van der Waals surface area contributed by atoms with Gasteiger partial charge in [0.25, 0.3) is 0 Å². The lowest BCUT2D eigenvalue weighted by Gasteiger charge is -2.40. The van der Waals surface area contributed by atoms with Gasteiger partial charge in [0.05, 0.1) is 24.1 Å². The fourth-order valence-electron chi connectivity index (χ4n) is 3.58. The monoisotopic (exact) mass is 333 g/mol. The molecule has 1 aromatic rings. The highest BCUT2D eigenvalue weighted by Crippen LogP contribution is 2.18. The summed E-state index contributed by atoms with van der Waals surface area (Å²) in [6, 6.07) is 0.608. The van der Waals surface area contributed by atoms with Crippen LogP contribution in [0.25, 0.3) is 0 Å². The number of nitrogens with zero attached hydrogens (tertiary/aromatic N) is 5. The molecule has 0 radical (unpaired) electrons. The van der Waals surface area contributed by atoms with Gasteiger partial charge in [0.15, 0.2) is 0 Å². The Morgan fingerprint density at radius 1 is 1.17 bits per heavy atom. The van der Waals surface area contributed by atoms with Crippen LogP contribution in [0.4, 0.5) is 5.82 Å². The lowest BCUT2D eigenvalue weighted by molar-refractivity contribution is -0.0525. The first kappa shape index (κ1) is 17.6. The van der Waals surface area contributed by atoms with E-state index >= 15 is 0 Å². The van der Waals surface area contributed by atoms with E-state index < -0.39 is 0 Å². The molecule has 0 aromatic carbocycles. The van der Waals surface area contributed by atoms with E-state index in [9.17, 15) is 0 Å². The maximum atomic E-state index is 5.99. The van der Waals surface area contributed by atoms with Gasteiger partial charge in [-0.1, -0.05) is 0 Å². The maximum absolute atomic E-state index is 5.99. The molecule has 2 saturated heterocycles. The van der Waals surface area contributed by atoms with Gasteiger partial charge < -0.3 is 9.64 Å². The van der Waals surface area contributed by atoms with Gasteiger partial charge in [-0.15, -0.1) is 0 Å². The molecule has 1 aromatic heterocycles. The SMILES string of the molecule is Cc1cnc(C)c(N2CCN(CC3CN(C(C)C)CCO3)CC2)n1. The average Bonchev–Trinajstić information content (AvgIpc) is 2.58. The van der Waals surface area contributed by atoms with Crippen molar-refractivity contribution in [3.63, 3.8) is 0 Å². The number of rotatable bonds is 4. The van der Waals surface area contributed by atoms with Gasteiger partial charge in [-0.2, -0.15) is 0 Å². The van der Waals surface area contributed by atoms with Crippen LogP contribution in [0.2, 0.25) is 0 Å². The third-order valence-corrected chi connectivity index (χ3v) is 5.09. The summed E-state index contributed by atoms with van der Waals surface area (Å²) in [6.45, 7) is 16.8. The molecular weight excluding hydrogens is 302 g/mol. The molecule has 3 heterocycles. The zero-order valence-electron chi connectivity index (χ0n) is 15.5. The second-order valence-electron chi connectivity index (χ2n) is 7.29. The molecule has 0 bridgehead atoms. The summed E-state index contributed by atoms with van der Waals surface area (Å²) in [5.41, 5.74) is 2.01. The van der Waals surface area contributed by atoms with Gasteiger partial charge in [0.2, 0.25) is 0 Å². The first-order valence-corrected chi connectivity index (χ1v) is 9.16. The second kappa shape index (κ2) is 7.76. The molecule has 134 valence electrons. The van der Waals surface area contributed by atoms with Crippen molar-refractivity contribution < 1.29 is 4.74 Å². The Morgan fingerprint density at radius 2 is 1.92 bits per heavy atom. The molecule has 24 heavy (non-hydrogen) atoms. The molecule has 2 fully saturated rings.